The number of piperidine rings is 1. The molecule has 1 atom stereocenters. The second-order valence-corrected chi connectivity index (χ2v) is 8.77. The number of H-pyrrole nitrogens is 1. The number of rotatable bonds is 5. The number of carbonyl (C=O) groups is 2. The van der Waals surface area contributed by atoms with Crippen LogP contribution in [0.1, 0.15) is 34.8 Å². The van der Waals surface area contributed by atoms with Gasteiger partial charge in [0, 0.05) is 47.1 Å². The fourth-order valence-corrected chi connectivity index (χ4v) is 4.96. The van der Waals surface area contributed by atoms with Crippen LogP contribution in [0, 0.1) is 12.8 Å². The summed E-state index contributed by atoms with van der Waals surface area (Å²) >= 11 is 1.59. The number of amides is 1. The largest absolute Gasteiger partial charge is 0.358 e. The molecule has 0 saturated carbocycles. The topological polar surface area (TPSA) is 92.1 Å². The molecule has 1 aliphatic heterocycles. The van der Waals surface area contributed by atoms with Crippen LogP contribution in [0.15, 0.2) is 45.6 Å². The Morgan fingerprint density at radius 1 is 1.29 bits per heavy atom. The lowest BCUT2D eigenvalue weighted by Crippen LogP contribution is -2.44. The molecule has 1 fully saturated rings. The molecular formula is C23H22N4O3S. The molecule has 1 aromatic carbocycles. The summed E-state index contributed by atoms with van der Waals surface area (Å²) < 4.78 is 5.43. The molecule has 0 radical (unpaired) electrons. The minimum atomic E-state index is -0.451. The number of Topliss-reactive ketones (excluding diaryl/α,β-unsaturated/α-hetero) is 1. The van der Waals surface area contributed by atoms with Crippen LogP contribution in [0.5, 0.6) is 0 Å². The molecule has 3 aromatic heterocycles. The van der Waals surface area contributed by atoms with Crippen LogP contribution < -0.4 is 0 Å². The fraction of sp³-hybridized carbons (Fsp3) is 0.304. The number of thiophene rings is 1. The average molecular weight is 435 g/mol. The van der Waals surface area contributed by atoms with Gasteiger partial charge in [0.15, 0.2) is 0 Å². The van der Waals surface area contributed by atoms with Gasteiger partial charge in [0.1, 0.15) is 0 Å². The minimum absolute atomic E-state index is 0.186. The number of carbonyl (C=O) groups excluding carboxylic acids is 2. The third-order valence-corrected chi connectivity index (χ3v) is 6.52. The zero-order valence-electron chi connectivity index (χ0n) is 17.1. The Balaban J connectivity index is 1.29. The Bertz CT molecular complexity index is 1240. The number of hydrogen-bond acceptors (Lipinski definition) is 6. The molecule has 1 unspecified atom stereocenters. The monoisotopic (exact) mass is 434 g/mol. The van der Waals surface area contributed by atoms with Crippen molar-refractivity contribution in [3.8, 4) is 11.4 Å². The molecule has 5 rings (SSSR count). The molecule has 7 nitrogen and oxygen atoms in total. The van der Waals surface area contributed by atoms with Gasteiger partial charge < -0.3 is 14.4 Å². The van der Waals surface area contributed by atoms with Gasteiger partial charge in [0.05, 0.1) is 5.56 Å². The third kappa shape index (κ3) is 3.79. The van der Waals surface area contributed by atoms with Crippen molar-refractivity contribution >= 4 is 33.9 Å². The summed E-state index contributed by atoms with van der Waals surface area (Å²) in [5, 5.41) is 8.81. The highest BCUT2D eigenvalue weighted by Gasteiger charge is 2.31. The number of fused-ring (bicyclic) bond motifs is 1. The number of aromatic nitrogens is 3. The third-order valence-electron chi connectivity index (χ3n) is 5.83. The number of para-hydroxylation sites is 1. The van der Waals surface area contributed by atoms with Crippen molar-refractivity contribution in [1.29, 1.82) is 0 Å². The van der Waals surface area contributed by atoms with Gasteiger partial charge in [-0.05, 0) is 43.2 Å². The summed E-state index contributed by atoms with van der Waals surface area (Å²) in [4.78, 5) is 35.5. The first-order valence-electron chi connectivity index (χ1n) is 10.4. The minimum Gasteiger partial charge on any atom is -0.358 e. The number of nitrogens with one attached hydrogen (secondary N) is 1. The predicted octanol–water partition coefficient (Wildman–Crippen LogP) is 4.25. The molecule has 4 heterocycles. The molecule has 1 amide bonds. The maximum absolute atomic E-state index is 13.1. The number of nitrogens with zero attached hydrogens (tertiary/aromatic N) is 3. The van der Waals surface area contributed by atoms with Gasteiger partial charge in [-0.25, -0.2) is 0 Å². The summed E-state index contributed by atoms with van der Waals surface area (Å²) in [5.41, 5.74) is 3.01. The van der Waals surface area contributed by atoms with E-state index in [0.29, 0.717) is 36.8 Å². The summed E-state index contributed by atoms with van der Waals surface area (Å²) in [6.45, 7) is 2.94. The van der Waals surface area contributed by atoms with Crippen molar-refractivity contribution in [3.05, 3.63) is 58.2 Å². The number of benzene rings is 1. The van der Waals surface area contributed by atoms with Gasteiger partial charge in [-0.2, -0.15) is 16.3 Å². The summed E-state index contributed by atoms with van der Waals surface area (Å²) in [5.74, 6) is 0.449. The molecule has 0 bridgehead atoms. The molecule has 8 heteroatoms. The molecular weight excluding hydrogens is 412 g/mol. The van der Waals surface area contributed by atoms with E-state index < -0.39 is 11.7 Å². The summed E-state index contributed by atoms with van der Waals surface area (Å²) in [6, 6.07) is 9.53. The molecule has 0 spiro atoms. The van der Waals surface area contributed by atoms with E-state index in [9.17, 15) is 9.59 Å². The molecule has 1 N–H and O–H groups in total. The highest BCUT2D eigenvalue weighted by atomic mass is 32.1. The van der Waals surface area contributed by atoms with Crippen molar-refractivity contribution in [2.45, 2.75) is 26.2 Å². The van der Waals surface area contributed by atoms with E-state index in [4.69, 9.17) is 4.52 Å². The molecule has 158 valence electrons. The zero-order chi connectivity index (χ0) is 21.4. The van der Waals surface area contributed by atoms with Crippen LogP contribution in [0.25, 0.3) is 22.3 Å². The maximum Gasteiger partial charge on any atom is 0.295 e. The van der Waals surface area contributed by atoms with E-state index in [1.807, 2.05) is 48.0 Å². The van der Waals surface area contributed by atoms with Crippen molar-refractivity contribution in [2.24, 2.45) is 5.92 Å². The van der Waals surface area contributed by atoms with Crippen LogP contribution in [-0.4, -0.2) is 44.8 Å². The average Bonchev–Trinajstić information content (AvgIpc) is 3.52. The number of ketones is 1. The number of likely N-dealkylation sites (tertiary alicyclic amines) is 1. The number of aromatic amines is 1. The first-order valence-corrected chi connectivity index (χ1v) is 11.3. The van der Waals surface area contributed by atoms with Gasteiger partial charge >= 0.3 is 0 Å². The van der Waals surface area contributed by atoms with Crippen LogP contribution >= 0.6 is 11.3 Å². The lowest BCUT2D eigenvalue weighted by Gasteiger charge is -2.31. The Kier molecular flexibility index (Phi) is 5.15. The second kappa shape index (κ2) is 8.11. The van der Waals surface area contributed by atoms with Crippen molar-refractivity contribution < 1.29 is 14.1 Å². The lowest BCUT2D eigenvalue weighted by atomic mass is 9.94. The van der Waals surface area contributed by atoms with Crippen molar-refractivity contribution in [2.75, 3.05) is 13.1 Å². The van der Waals surface area contributed by atoms with Gasteiger partial charge in [0.25, 0.3) is 11.7 Å². The number of hydrogen-bond donors (Lipinski definition) is 1. The van der Waals surface area contributed by atoms with E-state index in [1.54, 1.807) is 16.2 Å². The Morgan fingerprint density at radius 2 is 2.16 bits per heavy atom. The molecule has 1 saturated heterocycles. The fourth-order valence-electron chi connectivity index (χ4n) is 4.33. The van der Waals surface area contributed by atoms with Crippen molar-refractivity contribution in [1.82, 2.24) is 20.0 Å². The van der Waals surface area contributed by atoms with Crippen LogP contribution in [0.2, 0.25) is 0 Å². The quantitative estimate of drug-likeness (QED) is 0.374. The van der Waals surface area contributed by atoms with Crippen LogP contribution in [-0.2, 0) is 11.2 Å². The zero-order valence-corrected chi connectivity index (χ0v) is 17.9. The maximum atomic E-state index is 13.1. The highest BCUT2D eigenvalue weighted by molar-refractivity contribution is 7.08. The van der Waals surface area contributed by atoms with Crippen molar-refractivity contribution in [3.63, 3.8) is 0 Å². The van der Waals surface area contributed by atoms with Crippen LogP contribution in [0.3, 0.4) is 0 Å². The van der Waals surface area contributed by atoms with Crippen LogP contribution in [0.4, 0.5) is 0 Å². The first kappa shape index (κ1) is 19.7. The van der Waals surface area contributed by atoms with Gasteiger partial charge in [0.2, 0.25) is 11.7 Å². The Labute approximate surface area is 183 Å². The SMILES string of the molecule is Cc1[nH]c2ccccc2c1C(=O)C(=O)N1CCCC(Cc2nc(-c3ccsc3)no2)C1. The molecule has 4 aromatic rings. The number of aryl methyl sites for hydroxylation is 1. The second-order valence-electron chi connectivity index (χ2n) is 7.99. The lowest BCUT2D eigenvalue weighted by molar-refractivity contribution is -0.128. The van der Waals surface area contributed by atoms with Gasteiger partial charge in [-0.1, -0.05) is 23.4 Å². The van der Waals surface area contributed by atoms with E-state index in [0.717, 1.165) is 35.0 Å². The van der Waals surface area contributed by atoms with Gasteiger partial charge in [-0.3, -0.25) is 9.59 Å². The molecule has 31 heavy (non-hydrogen) atoms. The summed E-state index contributed by atoms with van der Waals surface area (Å²) in [7, 11) is 0. The standard InChI is InChI=1S/C23H22N4O3S/c1-14-20(17-6-2-3-7-18(17)24-14)21(28)23(29)27-9-4-5-15(12-27)11-19-25-22(26-30-19)16-8-10-31-13-16/h2-3,6-8,10,13,15,24H,4-5,9,11-12H2,1H3. The Morgan fingerprint density at radius 3 is 3.00 bits per heavy atom. The highest BCUT2D eigenvalue weighted by Crippen LogP contribution is 2.26. The molecule has 0 aliphatic carbocycles. The van der Waals surface area contributed by atoms with E-state index in [2.05, 4.69) is 15.1 Å². The smallest absolute Gasteiger partial charge is 0.295 e. The molecule has 1 aliphatic rings. The van der Waals surface area contributed by atoms with E-state index in [1.165, 1.54) is 0 Å². The Hall–Kier alpha value is -3.26. The van der Waals surface area contributed by atoms with E-state index in [-0.39, 0.29) is 5.92 Å². The first-order chi connectivity index (χ1) is 15.1. The van der Waals surface area contributed by atoms with Gasteiger partial charge in [-0.15, -0.1) is 0 Å². The summed E-state index contributed by atoms with van der Waals surface area (Å²) in [6.07, 6.45) is 2.41. The normalized spacial score (nSPS) is 16.7. The van der Waals surface area contributed by atoms with E-state index >= 15 is 0 Å². The predicted molar refractivity (Wildman–Crippen MR) is 118 cm³/mol.